The molecule has 0 aromatic heterocycles. The van der Waals surface area contributed by atoms with Crippen LogP contribution < -0.4 is 0 Å². The predicted molar refractivity (Wildman–Crippen MR) is 58.2 cm³/mol. The molecule has 3 N–H and O–H groups in total. The minimum Gasteiger partial charge on any atom is -0.507 e. The number of carbonyl (C=O) groups is 1. The number of rotatable bonds is 5. The Balaban J connectivity index is 2.85. The largest absolute Gasteiger partial charge is 0.507 e. The highest BCUT2D eigenvalue weighted by Gasteiger charge is 2.17. The highest BCUT2D eigenvalue weighted by molar-refractivity contribution is 5.96. The number of nitrogens with zero attached hydrogens (tertiary/aromatic N) is 1. The van der Waals surface area contributed by atoms with E-state index in [4.69, 9.17) is 10.2 Å². The summed E-state index contributed by atoms with van der Waals surface area (Å²) in [6.07, 6.45) is 0. The third kappa shape index (κ3) is 2.95. The van der Waals surface area contributed by atoms with Gasteiger partial charge in [-0.1, -0.05) is 12.1 Å². The minimum atomic E-state index is -0.402. The van der Waals surface area contributed by atoms with Crippen LogP contribution >= 0.6 is 0 Å². The normalized spacial score (nSPS) is 10.1. The molecule has 0 bridgehead atoms. The van der Waals surface area contributed by atoms with Crippen molar-refractivity contribution in [2.75, 3.05) is 26.3 Å². The molecule has 0 spiro atoms. The van der Waals surface area contributed by atoms with Crippen molar-refractivity contribution >= 4 is 5.91 Å². The van der Waals surface area contributed by atoms with Crippen LogP contribution in [0.15, 0.2) is 24.3 Å². The summed E-state index contributed by atoms with van der Waals surface area (Å²) >= 11 is 0. The molecule has 0 heterocycles. The average Bonchev–Trinajstić information content (AvgIpc) is 2.28. The van der Waals surface area contributed by atoms with Gasteiger partial charge in [0.1, 0.15) is 5.75 Å². The fraction of sp³-hybridized carbons (Fsp3) is 0.364. The zero-order valence-electron chi connectivity index (χ0n) is 8.83. The number of para-hydroxylation sites is 1. The Bertz CT molecular complexity index is 348. The molecule has 5 nitrogen and oxygen atoms in total. The average molecular weight is 225 g/mol. The molecule has 0 unspecified atom stereocenters. The summed E-state index contributed by atoms with van der Waals surface area (Å²) in [5.74, 6) is -0.505. The number of carbonyl (C=O) groups excluding carboxylic acids is 1. The van der Waals surface area contributed by atoms with Crippen LogP contribution in [0.1, 0.15) is 10.4 Å². The van der Waals surface area contributed by atoms with Crippen LogP contribution in [-0.4, -0.2) is 52.4 Å². The molecule has 1 rings (SSSR count). The summed E-state index contributed by atoms with van der Waals surface area (Å²) < 4.78 is 0. The first-order valence-corrected chi connectivity index (χ1v) is 4.99. The number of benzene rings is 1. The van der Waals surface area contributed by atoms with Gasteiger partial charge in [0.2, 0.25) is 0 Å². The molecule has 1 aromatic carbocycles. The lowest BCUT2D eigenvalue weighted by atomic mass is 10.1. The number of aliphatic hydroxyl groups is 2. The van der Waals surface area contributed by atoms with Crippen LogP contribution in [0.4, 0.5) is 0 Å². The molecule has 0 saturated heterocycles. The lowest BCUT2D eigenvalue weighted by Crippen LogP contribution is -2.35. The van der Waals surface area contributed by atoms with E-state index in [1.54, 1.807) is 12.1 Å². The first-order chi connectivity index (χ1) is 7.70. The molecule has 16 heavy (non-hydrogen) atoms. The molecule has 0 aliphatic heterocycles. The molecule has 0 aliphatic carbocycles. The highest BCUT2D eigenvalue weighted by Crippen LogP contribution is 2.17. The van der Waals surface area contributed by atoms with Gasteiger partial charge in [0.05, 0.1) is 18.8 Å². The number of amides is 1. The lowest BCUT2D eigenvalue weighted by molar-refractivity contribution is 0.0682. The monoisotopic (exact) mass is 225 g/mol. The van der Waals surface area contributed by atoms with Crippen molar-refractivity contribution in [1.29, 1.82) is 0 Å². The zero-order chi connectivity index (χ0) is 12.0. The maximum Gasteiger partial charge on any atom is 0.257 e. The molecule has 1 amide bonds. The van der Waals surface area contributed by atoms with Crippen molar-refractivity contribution in [1.82, 2.24) is 4.90 Å². The molecule has 0 atom stereocenters. The quantitative estimate of drug-likeness (QED) is 0.649. The van der Waals surface area contributed by atoms with E-state index in [2.05, 4.69) is 0 Å². The molecule has 0 aliphatic rings. The fourth-order valence-corrected chi connectivity index (χ4v) is 1.38. The van der Waals surface area contributed by atoms with Gasteiger partial charge in [-0.15, -0.1) is 0 Å². The Kier molecular flexibility index (Phi) is 4.75. The number of phenols is 1. The van der Waals surface area contributed by atoms with Crippen molar-refractivity contribution in [2.45, 2.75) is 0 Å². The van der Waals surface area contributed by atoms with Gasteiger partial charge in [0.15, 0.2) is 0 Å². The first-order valence-electron chi connectivity index (χ1n) is 4.99. The maximum atomic E-state index is 11.9. The van der Waals surface area contributed by atoms with E-state index >= 15 is 0 Å². The van der Waals surface area contributed by atoms with Crippen molar-refractivity contribution in [3.8, 4) is 5.75 Å². The number of phenolic OH excluding ortho intramolecular Hbond substituents is 1. The Morgan fingerprint density at radius 2 is 1.69 bits per heavy atom. The van der Waals surface area contributed by atoms with Gasteiger partial charge in [-0.3, -0.25) is 4.79 Å². The highest BCUT2D eigenvalue weighted by atomic mass is 16.3. The first kappa shape index (κ1) is 12.5. The van der Waals surface area contributed by atoms with Crippen LogP contribution in [0, 0.1) is 0 Å². The Morgan fingerprint density at radius 1 is 1.12 bits per heavy atom. The van der Waals surface area contributed by atoms with Gasteiger partial charge in [0.25, 0.3) is 5.91 Å². The second-order valence-corrected chi connectivity index (χ2v) is 3.26. The summed E-state index contributed by atoms with van der Waals surface area (Å²) in [5.41, 5.74) is 0.171. The molecular weight excluding hydrogens is 210 g/mol. The maximum absolute atomic E-state index is 11.9. The predicted octanol–water partition coefficient (Wildman–Crippen LogP) is -0.181. The van der Waals surface area contributed by atoms with Gasteiger partial charge in [-0.25, -0.2) is 0 Å². The van der Waals surface area contributed by atoms with Gasteiger partial charge in [0, 0.05) is 13.1 Å². The van der Waals surface area contributed by atoms with E-state index in [9.17, 15) is 9.90 Å². The van der Waals surface area contributed by atoms with E-state index in [0.29, 0.717) is 0 Å². The second kappa shape index (κ2) is 6.09. The zero-order valence-corrected chi connectivity index (χ0v) is 8.83. The summed E-state index contributed by atoms with van der Waals surface area (Å²) in [6.45, 7) is -0.0971. The molecule has 88 valence electrons. The third-order valence-electron chi connectivity index (χ3n) is 2.16. The number of hydrogen-bond acceptors (Lipinski definition) is 4. The van der Waals surface area contributed by atoms with Crippen molar-refractivity contribution < 1.29 is 20.1 Å². The second-order valence-electron chi connectivity index (χ2n) is 3.26. The lowest BCUT2D eigenvalue weighted by Gasteiger charge is -2.20. The molecule has 0 saturated carbocycles. The van der Waals surface area contributed by atoms with E-state index in [0.717, 1.165) is 0 Å². The molecule has 0 radical (unpaired) electrons. The standard InChI is InChI=1S/C11H15NO4/c13-7-5-12(6-8-14)11(16)9-3-1-2-4-10(9)15/h1-4,13-15H,5-8H2. The fourth-order valence-electron chi connectivity index (χ4n) is 1.38. The number of hydrogen-bond donors (Lipinski definition) is 3. The number of aliphatic hydroxyl groups excluding tert-OH is 2. The van der Waals surface area contributed by atoms with Crippen LogP contribution in [0.2, 0.25) is 0 Å². The summed E-state index contributed by atoms with van der Waals surface area (Å²) in [5, 5.41) is 27.1. The summed E-state index contributed by atoms with van der Waals surface area (Å²) in [7, 11) is 0. The van der Waals surface area contributed by atoms with Gasteiger partial charge < -0.3 is 20.2 Å². The van der Waals surface area contributed by atoms with Crippen LogP contribution in [0.25, 0.3) is 0 Å². The summed E-state index contributed by atoms with van der Waals surface area (Å²) in [6, 6.07) is 6.18. The number of aromatic hydroxyl groups is 1. The molecule has 0 fully saturated rings. The molecule has 5 heteroatoms. The Labute approximate surface area is 93.6 Å². The van der Waals surface area contributed by atoms with Crippen molar-refractivity contribution in [3.05, 3.63) is 29.8 Å². The van der Waals surface area contributed by atoms with Crippen molar-refractivity contribution in [3.63, 3.8) is 0 Å². The van der Waals surface area contributed by atoms with E-state index < -0.39 is 5.91 Å². The Morgan fingerprint density at radius 3 is 2.19 bits per heavy atom. The summed E-state index contributed by atoms with van der Waals surface area (Å²) in [4.78, 5) is 13.2. The minimum absolute atomic E-state index is 0.103. The van der Waals surface area contributed by atoms with Gasteiger partial charge in [-0.2, -0.15) is 0 Å². The smallest absolute Gasteiger partial charge is 0.257 e. The van der Waals surface area contributed by atoms with Gasteiger partial charge in [-0.05, 0) is 12.1 Å². The van der Waals surface area contributed by atoms with Crippen LogP contribution in [0.5, 0.6) is 5.75 Å². The molecular formula is C11H15NO4. The molecule has 1 aromatic rings. The van der Waals surface area contributed by atoms with E-state index in [1.807, 2.05) is 0 Å². The van der Waals surface area contributed by atoms with E-state index in [-0.39, 0.29) is 37.6 Å². The van der Waals surface area contributed by atoms with Crippen LogP contribution in [0.3, 0.4) is 0 Å². The topological polar surface area (TPSA) is 81.0 Å². The Hall–Kier alpha value is -1.59. The SMILES string of the molecule is O=C(c1ccccc1O)N(CCO)CCO. The third-order valence-corrected chi connectivity index (χ3v) is 2.16. The van der Waals surface area contributed by atoms with Crippen LogP contribution in [-0.2, 0) is 0 Å². The van der Waals surface area contributed by atoms with Gasteiger partial charge >= 0.3 is 0 Å². The van der Waals surface area contributed by atoms with Crippen molar-refractivity contribution in [2.24, 2.45) is 0 Å². The van der Waals surface area contributed by atoms with E-state index in [1.165, 1.54) is 17.0 Å².